The Hall–Kier alpha value is -2.08. The Morgan fingerprint density at radius 2 is 2.00 bits per heavy atom. The van der Waals surface area contributed by atoms with Gasteiger partial charge in [-0.1, -0.05) is 13.3 Å². The van der Waals surface area contributed by atoms with Crippen molar-refractivity contribution in [1.29, 1.82) is 0 Å². The third-order valence-corrected chi connectivity index (χ3v) is 3.13. The van der Waals surface area contributed by atoms with Crippen LogP contribution in [0.3, 0.4) is 0 Å². The van der Waals surface area contributed by atoms with Crippen molar-refractivity contribution in [1.82, 2.24) is 4.90 Å². The molecule has 1 amide bonds. The second-order valence-corrected chi connectivity index (χ2v) is 4.99. The van der Waals surface area contributed by atoms with Crippen molar-refractivity contribution in [2.75, 3.05) is 25.5 Å². The molecule has 0 aliphatic carbocycles. The van der Waals surface area contributed by atoms with Gasteiger partial charge in [-0.2, -0.15) is 0 Å². The number of rotatable bonds is 8. The molecular weight excluding hydrogens is 272 g/mol. The zero-order valence-electron chi connectivity index (χ0n) is 12.4. The van der Waals surface area contributed by atoms with E-state index in [1.165, 1.54) is 18.2 Å². The van der Waals surface area contributed by atoms with E-state index in [1.54, 1.807) is 0 Å². The van der Waals surface area contributed by atoms with E-state index in [2.05, 4.69) is 17.1 Å². The van der Waals surface area contributed by atoms with E-state index in [0.717, 1.165) is 19.4 Å². The number of phenols is 1. The lowest BCUT2D eigenvalue weighted by atomic mass is 10.2. The Kier molecular flexibility index (Phi) is 6.68. The number of amides is 1. The predicted octanol–water partition coefficient (Wildman–Crippen LogP) is 2.15. The second-order valence-electron chi connectivity index (χ2n) is 4.99. The number of carbonyl (C=O) groups is 2. The molecule has 0 fully saturated rings. The molecule has 116 valence electrons. The first-order valence-electron chi connectivity index (χ1n) is 6.98. The lowest BCUT2D eigenvalue weighted by molar-refractivity contribution is -0.116. The number of carbonyl (C=O) groups excluding carboxylic acids is 1. The molecule has 0 bridgehead atoms. The van der Waals surface area contributed by atoms with Gasteiger partial charge >= 0.3 is 5.97 Å². The Balaban J connectivity index is 2.54. The van der Waals surface area contributed by atoms with Gasteiger partial charge in [-0.3, -0.25) is 4.79 Å². The van der Waals surface area contributed by atoms with Crippen LogP contribution in [0.25, 0.3) is 0 Å². The molecule has 0 saturated carbocycles. The molecule has 0 unspecified atom stereocenters. The summed E-state index contributed by atoms with van der Waals surface area (Å²) in [6.07, 6.45) is 2.48. The van der Waals surface area contributed by atoms with Crippen LogP contribution in [0.15, 0.2) is 18.2 Å². The SMILES string of the molecule is CCCCN(C)CCC(=O)Nc1cc(C(=O)O)ccc1O. The summed E-state index contributed by atoms with van der Waals surface area (Å²) >= 11 is 0. The van der Waals surface area contributed by atoms with Crippen molar-refractivity contribution in [3.63, 3.8) is 0 Å². The number of carboxylic acid groups (broad SMARTS) is 1. The van der Waals surface area contributed by atoms with Crippen LogP contribution < -0.4 is 5.32 Å². The average Bonchev–Trinajstić information content (AvgIpc) is 2.45. The highest BCUT2D eigenvalue weighted by molar-refractivity contribution is 5.95. The first-order valence-corrected chi connectivity index (χ1v) is 6.98. The molecule has 1 aromatic carbocycles. The summed E-state index contributed by atoms with van der Waals surface area (Å²) in [5.41, 5.74) is 0.138. The van der Waals surface area contributed by atoms with Gasteiger partial charge in [0.1, 0.15) is 5.75 Å². The fourth-order valence-corrected chi connectivity index (χ4v) is 1.81. The van der Waals surface area contributed by atoms with E-state index in [1.807, 2.05) is 7.05 Å². The molecule has 1 rings (SSSR count). The van der Waals surface area contributed by atoms with Crippen LogP contribution in [0.1, 0.15) is 36.5 Å². The molecule has 0 atom stereocenters. The third kappa shape index (κ3) is 5.83. The maximum atomic E-state index is 11.8. The highest BCUT2D eigenvalue weighted by atomic mass is 16.4. The number of aromatic hydroxyl groups is 1. The van der Waals surface area contributed by atoms with Crippen molar-refractivity contribution in [2.24, 2.45) is 0 Å². The highest BCUT2D eigenvalue weighted by Gasteiger charge is 2.11. The topological polar surface area (TPSA) is 89.9 Å². The number of nitrogens with zero attached hydrogens (tertiary/aromatic N) is 1. The van der Waals surface area contributed by atoms with Crippen LogP contribution >= 0.6 is 0 Å². The maximum Gasteiger partial charge on any atom is 0.335 e. The van der Waals surface area contributed by atoms with Crippen molar-refractivity contribution >= 4 is 17.6 Å². The van der Waals surface area contributed by atoms with E-state index < -0.39 is 5.97 Å². The average molecular weight is 294 g/mol. The van der Waals surface area contributed by atoms with E-state index in [0.29, 0.717) is 6.54 Å². The number of anilines is 1. The van der Waals surface area contributed by atoms with E-state index in [9.17, 15) is 14.7 Å². The minimum Gasteiger partial charge on any atom is -0.506 e. The van der Waals surface area contributed by atoms with Crippen LogP contribution in [0, 0.1) is 0 Å². The molecule has 0 aromatic heterocycles. The van der Waals surface area contributed by atoms with Crippen LogP contribution in [0.4, 0.5) is 5.69 Å². The fourth-order valence-electron chi connectivity index (χ4n) is 1.81. The highest BCUT2D eigenvalue weighted by Crippen LogP contribution is 2.24. The van der Waals surface area contributed by atoms with Crippen LogP contribution in [-0.4, -0.2) is 47.1 Å². The van der Waals surface area contributed by atoms with Crippen molar-refractivity contribution in [3.05, 3.63) is 23.8 Å². The number of carboxylic acids is 1. The Morgan fingerprint density at radius 1 is 1.29 bits per heavy atom. The van der Waals surface area contributed by atoms with Crippen molar-refractivity contribution < 1.29 is 19.8 Å². The van der Waals surface area contributed by atoms with Gasteiger partial charge in [-0.25, -0.2) is 4.79 Å². The number of nitrogens with one attached hydrogen (secondary N) is 1. The number of benzene rings is 1. The zero-order chi connectivity index (χ0) is 15.8. The second kappa shape index (κ2) is 8.26. The van der Waals surface area contributed by atoms with Crippen molar-refractivity contribution in [3.8, 4) is 5.75 Å². The molecular formula is C15H22N2O4. The molecule has 0 heterocycles. The maximum absolute atomic E-state index is 11.8. The Bertz CT molecular complexity index is 502. The summed E-state index contributed by atoms with van der Waals surface area (Å²) in [6.45, 7) is 3.66. The Labute approximate surface area is 124 Å². The molecule has 0 aliphatic rings. The minimum atomic E-state index is -1.11. The lowest BCUT2D eigenvalue weighted by Crippen LogP contribution is -2.25. The van der Waals surface area contributed by atoms with Gasteiger partial charge in [0.25, 0.3) is 0 Å². The molecule has 21 heavy (non-hydrogen) atoms. The molecule has 0 aliphatic heterocycles. The van der Waals surface area contributed by atoms with E-state index in [4.69, 9.17) is 5.11 Å². The fraction of sp³-hybridized carbons (Fsp3) is 0.467. The normalized spacial score (nSPS) is 10.6. The lowest BCUT2D eigenvalue weighted by Gasteiger charge is -2.15. The quantitative estimate of drug-likeness (QED) is 0.639. The van der Waals surface area contributed by atoms with E-state index >= 15 is 0 Å². The zero-order valence-corrected chi connectivity index (χ0v) is 12.4. The molecule has 0 spiro atoms. The summed E-state index contributed by atoms with van der Waals surface area (Å²) in [5, 5.41) is 21.1. The van der Waals surface area contributed by atoms with Crippen LogP contribution in [-0.2, 0) is 4.79 Å². The molecule has 1 aromatic rings. The first kappa shape index (κ1) is 17.0. The van der Waals surface area contributed by atoms with Gasteiger partial charge in [-0.05, 0) is 38.2 Å². The minimum absolute atomic E-state index is 0.0168. The largest absolute Gasteiger partial charge is 0.506 e. The van der Waals surface area contributed by atoms with Gasteiger partial charge in [0, 0.05) is 13.0 Å². The number of aromatic carboxylic acids is 1. The predicted molar refractivity (Wildman–Crippen MR) is 80.7 cm³/mol. The standard InChI is InChI=1S/C15H22N2O4/c1-3-4-8-17(2)9-7-14(19)16-12-10-11(15(20)21)5-6-13(12)18/h5-6,10,18H,3-4,7-9H2,1-2H3,(H,16,19)(H,20,21). The van der Waals surface area contributed by atoms with Gasteiger partial charge in [0.2, 0.25) is 5.91 Å². The summed E-state index contributed by atoms with van der Waals surface area (Å²) in [7, 11) is 1.95. The summed E-state index contributed by atoms with van der Waals surface area (Å²) < 4.78 is 0. The van der Waals surface area contributed by atoms with Crippen LogP contribution in [0.5, 0.6) is 5.75 Å². The van der Waals surface area contributed by atoms with Gasteiger partial charge < -0.3 is 20.4 Å². The van der Waals surface area contributed by atoms with Gasteiger partial charge in [0.15, 0.2) is 0 Å². The smallest absolute Gasteiger partial charge is 0.335 e. The molecule has 3 N–H and O–H groups in total. The number of unbranched alkanes of at least 4 members (excludes halogenated alkanes) is 1. The summed E-state index contributed by atoms with van der Waals surface area (Å²) in [5.74, 6) is -1.51. The number of hydrogen-bond acceptors (Lipinski definition) is 4. The van der Waals surface area contributed by atoms with Crippen LogP contribution in [0.2, 0.25) is 0 Å². The third-order valence-electron chi connectivity index (χ3n) is 3.13. The van der Waals surface area contributed by atoms with E-state index in [-0.39, 0.29) is 29.3 Å². The molecule has 0 saturated heterocycles. The monoisotopic (exact) mass is 294 g/mol. The number of phenolic OH excluding ortho intramolecular Hbond substituents is 1. The summed E-state index contributed by atoms with van der Waals surface area (Å²) in [4.78, 5) is 24.8. The van der Waals surface area contributed by atoms with Gasteiger partial charge in [-0.15, -0.1) is 0 Å². The molecule has 0 radical (unpaired) electrons. The van der Waals surface area contributed by atoms with Crippen molar-refractivity contribution in [2.45, 2.75) is 26.2 Å². The first-order chi connectivity index (χ1) is 9.93. The molecule has 6 heteroatoms. The Morgan fingerprint density at radius 3 is 2.62 bits per heavy atom. The van der Waals surface area contributed by atoms with Gasteiger partial charge in [0.05, 0.1) is 11.3 Å². The summed E-state index contributed by atoms with van der Waals surface area (Å²) in [6, 6.07) is 3.79. The number of hydrogen-bond donors (Lipinski definition) is 3. The molecule has 6 nitrogen and oxygen atoms in total.